The second-order valence-corrected chi connectivity index (χ2v) is 5.34. The van der Waals surface area contributed by atoms with Crippen molar-refractivity contribution < 1.29 is 19.8 Å². The Balaban J connectivity index is 1.91. The molecule has 0 aliphatic carbocycles. The molecule has 0 unspecified atom stereocenters. The lowest BCUT2D eigenvalue weighted by atomic mass is 10.1. The molecule has 4 nitrogen and oxygen atoms in total. The minimum absolute atomic E-state index is 0.0295. The summed E-state index contributed by atoms with van der Waals surface area (Å²) in [5, 5.41) is 17.5. The Morgan fingerprint density at radius 3 is 1.29 bits per heavy atom. The molecule has 0 fully saturated rings. The molecule has 0 saturated heterocycles. The minimum atomic E-state index is -0.837. The molecule has 0 aromatic heterocycles. The predicted octanol–water partition coefficient (Wildman–Crippen LogP) is 3.67. The first-order chi connectivity index (χ1) is 11.5. The molecule has 122 valence electrons. The smallest absolute Gasteiger partial charge is 0.307 e. The number of carboxylic acid groups (broad SMARTS) is 2. The lowest BCUT2D eigenvalue weighted by Crippen LogP contribution is -1.99. The second-order valence-electron chi connectivity index (χ2n) is 5.34. The van der Waals surface area contributed by atoms with E-state index < -0.39 is 11.9 Å². The molecule has 2 aromatic rings. The zero-order valence-corrected chi connectivity index (χ0v) is 13.1. The average Bonchev–Trinajstić information content (AvgIpc) is 2.53. The van der Waals surface area contributed by atoms with Gasteiger partial charge in [0.2, 0.25) is 0 Å². The molecule has 2 N–H and O–H groups in total. The topological polar surface area (TPSA) is 74.6 Å². The molecule has 2 rings (SSSR count). The van der Waals surface area contributed by atoms with Crippen molar-refractivity contribution in [2.45, 2.75) is 12.8 Å². The zero-order chi connectivity index (χ0) is 17.4. The standard InChI is InChI=1S/C20H18O4/c21-19(22)13-17-9-5-15(6-10-17)3-1-2-4-16-7-11-18(12-8-16)14-20(23)24/h1-12H,13-14H2,(H,21,22)(H,23,24). The number of carboxylic acids is 2. The largest absolute Gasteiger partial charge is 0.481 e. The Morgan fingerprint density at radius 2 is 1.00 bits per heavy atom. The third kappa shape index (κ3) is 5.93. The Hall–Kier alpha value is -3.14. The van der Waals surface area contributed by atoms with Gasteiger partial charge in [0.05, 0.1) is 12.8 Å². The summed E-state index contributed by atoms with van der Waals surface area (Å²) in [6.45, 7) is 0. The zero-order valence-electron chi connectivity index (χ0n) is 13.1. The van der Waals surface area contributed by atoms with E-state index in [4.69, 9.17) is 10.2 Å². The molecule has 0 heterocycles. The molecule has 4 heteroatoms. The summed E-state index contributed by atoms with van der Waals surface area (Å²) in [5.41, 5.74) is 3.53. The van der Waals surface area contributed by atoms with Gasteiger partial charge >= 0.3 is 11.9 Å². The second kappa shape index (κ2) is 8.48. The van der Waals surface area contributed by atoms with E-state index in [1.165, 1.54) is 0 Å². The van der Waals surface area contributed by atoms with Gasteiger partial charge in [-0.3, -0.25) is 9.59 Å². The van der Waals surface area contributed by atoms with Crippen molar-refractivity contribution >= 4 is 24.1 Å². The summed E-state index contributed by atoms with van der Waals surface area (Å²) in [7, 11) is 0. The van der Waals surface area contributed by atoms with Gasteiger partial charge in [0, 0.05) is 0 Å². The summed E-state index contributed by atoms with van der Waals surface area (Å²) in [6, 6.07) is 14.7. The predicted molar refractivity (Wildman–Crippen MR) is 93.6 cm³/mol. The van der Waals surface area contributed by atoms with Crippen molar-refractivity contribution in [3.8, 4) is 0 Å². The van der Waals surface area contributed by atoms with Crippen LogP contribution in [0.3, 0.4) is 0 Å². The monoisotopic (exact) mass is 322 g/mol. The number of allylic oxidation sites excluding steroid dienone is 2. The van der Waals surface area contributed by atoms with Gasteiger partial charge in [0.25, 0.3) is 0 Å². The van der Waals surface area contributed by atoms with E-state index in [1.807, 2.05) is 48.6 Å². The van der Waals surface area contributed by atoms with Gasteiger partial charge in [0.15, 0.2) is 0 Å². The summed E-state index contributed by atoms with van der Waals surface area (Å²) >= 11 is 0. The Labute approximate surface area is 140 Å². The number of benzene rings is 2. The average molecular weight is 322 g/mol. The van der Waals surface area contributed by atoms with Gasteiger partial charge < -0.3 is 10.2 Å². The van der Waals surface area contributed by atoms with Crippen molar-refractivity contribution in [3.05, 3.63) is 82.9 Å². The number of hydrogen-bond donors (Lipinski definition) is 2. The van der Waals surface area contributed by atoms with E-state index in [-0.39, 0.29) is 12.8 Å². The summed E-state index contributed by atoms with van der Waals surface area (Å²) in [6.07, 6.45) is 7.72. The molecular formula is C20H18O4. The lowest BCUT2D eigenvalue weighted by molar-refractivity contribution is -0.137. The Morgan fingerprint density at radius 1 is 0.667 bits per heavy atom. The normalized spacial score (nSPS) is 11.2. The molecule has 0 atom stereocenters. The molecule has 2 aromatic carbocycles. The lowest BCUT2D eigenvalue weighted by Gasteiger charge is -1.98. The van der Waals surface area contributed by atoms with Crippen LogP contribution in [0.1, 0.15) is 22.3 Å². The molecule has 0 radical (unpaired) electrons. The van der Waals surface area contributed by atoms with E-state index in [0.29, 0.717) is 0 Å². The third-order valence-electron chi connectivity index (χ3n) is 3.36. The highest BCUT2D eigenvalue weighted by Gasteiger charge is 1.99. The van der Waals surface area contributed by atoms with Crippen molar-refractivity contribution in [2.24, 2.45) is 0 Å². The molecular weight excluding hydrogens is 304 g/mol. The van der Waals surface area contributed by atoms with Crippen LogP contribution >= 0.6 is 0 Å². The molecule has 0 spiro atoms. The maximum absolute atomic E-state index is 10.6. The summed E-state index contributed by atoms with van der Waals surface area (Å²) in [5.74, 6) is -1.67. The Kier molecular flexibility index (Phi) is 6.08. The first kappa shape index (κ1) is 17.2. The van der Waals surface area contributed by atoms with Crippen molar-refractivity contribution in [1.82, 2.24) is 0 Å². The van der Waals surface area contributed by atoms with Gasteiger partial charge in [0.1, 0.15) is 0 Å². The van der Waals surface area contributed by atoms with Gasteiger partial charge in [-0.1, -0.05) is 72.8 Å². The maximum Gasteiger partial charge on any atom is 0.307 e. The van der Waals surface area contributed by atoms with Crippen LogP contribution < -0.4 is 0 Å². The quantitative estimate of drug-likeness (QED) is 0.763. The van der Waals surface area contributed by atoms with Crippen molar-refractivity contribution in [3.63, 3.8) is 0 Å². The molecule has 0 saturated carbocycles. The van der Waals surface area contributed by atoms with Crippen LogP contribution in [0.4, 0.5) is 0 Å². The molecule has 0 bridgehead atoms. The Bertz CT molecular complexity index is 686. The summed E-state index contributed by atoms with van der Waals surface area (Å²) in [4.78, 5) is 21.2. The fourth-order valence-corrected chi connectivity index (χ4v) is 2.18. The van der Waals surface area contributed by atoms with Crippen molar-refractivity contribution in [1.29, 1.82) is 0 Å². The molecule has 0 aliphatic heterocycles. The van der Waals surface area contributed by atoms with Gasteiger partial charge in [-0.25, -0.2) is 0 Å². The number of aliphatic carboxylic acids is 2. The van der Waals surface area contributed by atoms with E-state index in [9.17, 15) is 9.59 Å². The molecule has 0 amide bonds. The first-order valence-electron chi connectivity index (χ1n) is 7.49. The summed E-state index contributed by atoms with van der Waals surface area (Å²) < 4.78 is 0. The van der Waals surface area contributed by atoms with Gasteiger partial charge in [-0.05, 0) is 22.3 Å². The van der Waals surface area contributed by atoms with E-state index in [2.05, 4.69) is 0 Å². The number of carbonyl (C=O) groups is 2. The van der Waals surface area contributed by atoms with Crippen LogP contribution in [0.5, 0.6) is 0 Å². The maximum atomic E-state index is 10.6. The highest BCUT2D eigenvalue weighted by Crippen LogP contribution is 2.09. The number of hydrogen-bond acceptors (Lipinski definition) is 2. The van der Waals surface area contributed by atoms with Crippen LogP contribution in [0.15, 0.2) is 60.7 Å². The first-order valence-corrected chi connectivity index (χ1v) is 7.49. The SMILES string of the molecule is O=C(O)Cc1ccc(C=CC=Cc2ccc(CC(=O)O)cc2)cc1. The highest BCUT2D eigenvalue weighted by molar-refractivity contribution is 5.71. The fourth-order valence-electron chi connectivity index (χ4n) is 2.18. The molecule has 0 aliphatic rings. The van der Waals surface area contributed by atoms with E-state index >= 15 is 0 Å². The van der Waals surface area contributed by atoms with Crippen LogP contribution in [-0.2, 0) is 22.4 Å². The van der Waals surface area contributed by atoms with Gasteiger partial charge in [-0.15, -0.1) is 0 Å². The molecule has 24 heavy (non-hydrogen) atoms. The number of rotatable bonds is 7. The van der Waals surface area contributed by atoms with Crippen molar-refractivity contribution in [2.75, 3.05) is 0 Å². The van der Waals surface area contributed by atoms with Crippen LogP contribution in [0, 0.1) is 0 Å². The third-order valence-corrected chi connectivity index (χ3v) is 3.36. The van der Waals surface area contributed by atoms with Gasteiger partial charge in [-0.2, -0.15) is 0 Å². The van der Waals surface area contributed by atoms with Crippen LogP contribution in [0.2, 0.25) is 0 Å². The van der Waals surface area contributed by atoms with Crippen LogP contribution in [-0.4, -0.2) is 22.2 Å². The minimum Gasteiger partial charge on any atom is -0.481 e. The van der Waals surface area contributed by atoms with E-state index in [1.54, 1.807) is 24.3 Å². The van der Waals surface area contributed by atoms with E-state index in [0.717, 1.165) is 22.3 Å². The fraction of sp³-hybridized carbons (Fsp3) is 0.100. The van der Waals surface area contributed by atoms with Crippen LogP contribution in [0.25, 0.3) is 12.2 Å². The highest BCUT2D eigenvalue weighted by atomic mass is 16.4.